The summed E-state index contributed by atoms with van der Waals surface area (Å²) in [4.78, 5) is 0. The van der Waals surface area contributed by atoms with E-state index >= 15 is 0 Å². The van der Waals surface area contributed by atoms with Crippen molar-refractivity contribution in [1.82, 2.24) is 5.32 Å². The average Bonchev–Trinajstić information content (AvgIpc) is 2.26. The van der Waals surface area contributed by atoms with Crippen LogP contribution in [-0.4, -0.2) is 13.7 Å². The van der Waals surface area contributed by atoms with Crippen molar-refractivity contribution in [3.8, 4) is 18.1 Å². The molecule has 1 N–H and O–H groups in total. The molecular weight excluding hydrogens is 193 g/mol. The molecule has 80 valence electrons. The molecule has 0 saturated carbocycles. The molecule has 0 atom stereocenters. The summed E-state index contributed by atoms with van der Waals surface area (Å²) < 4.78 is 18.5. The Morgan fingerprint density at radius 1 is 1.53 bits per heavy atom. The van der Waals surface area contributed by atoms with Crippen LogP contribution in [0.25, 0.3) is 0 Å². The van der Waals surface area contributed by atoms with Gasteiger partial charge in [0.15, 0.2) is 11.6 Å². The smallest absolute Gasteiger partial charge is 0.169 e. The summed E-state index contributed by atoms with van der Waals surface area (Å²) in [7, 11) is 1.45. The van der Waals surface area contributed by atoms with Crippen LogP contribution in [0, 0.1) is 18.2 Å². The van der Waals surface area contributed by atoms with Gasteiger partial charge in [-0.05, 0) is 6.07 Å². The van der Waals surface area contributed by atoms with E-state index < -0.39 is 0 Å². The molecule has 1 rings (SSSR count). The molecule has 0 aliphatic rings. The van der Waals surface area contributed by atoms with Crippen molar-refractivity contribution in [2.45, 2.75) is 13.0 Å². The zero-order valence-electron chi connectivity index (χ0n) is 8.72. The third-order valence-electron chi connectivity index (χ3n) is 2.02. The average molecular weight is 207 g/mol. The van der Waals surface area contributed by atoms with Gasteiger partial charge in [-0.1, -0.05) is 12.1 Å². The fourth-order valence-electron chi connectivity index (χ4n) is 1.23. The van der Waals surface area contributed by atoms with Gasteiger partial charge in [-0.25, -0.2) is 4.39 Å². The Balaban J connectivity index is 2.58. The minimum atomic E-state index is -0.312. The molecule has 0 aliphatic heterocycles. The Kier molecular flexibility index (Phi) is 4.65. The third kappa shape index (κ3) is 3.26. The van der Waals surface area contributed by atoms with Crippen molar-refractivity contribution in [3.05, 3.63) is 29.6 Å². The molecule has 0 aromatic heterocycles. The highest BCUT2D eigenvalue weighted by Crippen LogP contribution is 2.19. The van der Waals surface area contributed by atoms with Crippen LogP contribution in [0.5, 0.6) is 5.75 Å². The first kappa shape index (κ1) is 11.5. The Morgan fingerprint density at radius 3 is 3.00 bits per heavy atom. The van der Waals surface area contributed by atoms with E-state index in [0.29, 0.717) is 25.1 Å². The van der Waals surface area contributed by atoms with Crippen molar-refractivity contribution in [3.63, 3.8) is 0 Å². The molecule has 0 spiro atoms. The summed E-state index contributed by atoms with van der Waals surface area (Å²) in [6, 6.07) is 5.08. The monoisotopic (exact) mass is 207 g/mol. The van der Waals surface area contributed by atoms with Gasteiger partial charge >= 0.3 is 0 Å². The molecule has 0 aliphatic carbocycles. The maximum Gasteiger partial charge on any atom is 0.169 e. The van der Waals surface area contributed by atoms with Crippen molar-refractivity contribution in [2.24, 2.45) is 0 Å². The summed E-state index contributed by atoms with van der Waals surface area (Å²) in [5.74, 6) is 2.47. The van der Waals surface area contributed by atoms with Crippen LogP contribution in [0.15, 0.2) is 18.2 Å². The molecule has 1 aromatic rings. The number of halogens is 1. The minimum Gasteiger partial charge on any atom is -0.494 e. The van der Waals surface area contributed by atoms with Crippen LogP contribution < -0.4 is 10.1 Å². The Labute approximate surface area is 89.4 Å². The predicted molar refractivity (Wildman–Crippen MR) is 58.1 cm³/mol. The van der Waals surface area contributed by atoms with Crippen molar-refractivity contribution in [2.75, 3.05) is 13.7 Å². The normalized spacial score (nSPS) is 9.67. The largest absolute Gasteiger partial charge is 0.494 e. The van der Waals surface area contributed by atoms with Gasteiger partial charge in [-0.3, -0.25) is 0 Å². The Morgan fingerprint density at radius 2 is 2.33 bits per heavy atom. The topological polar surface area (TPSA) is 21.3 Å². The maximum absolute atomic E-state index is 13.6. The molecule has 0 fully saturated rings. The summed E-state index contributed by atoms with van der Waals surface area (Å²) >= 11 is 0. The van der Waals surface area contributed by atoms with Gasteiger partial charge in [0.1, 0.15) is 0 Å². The fraction of sp³-hybridized carbons (Fsp3) is 0.333. The fourth-order valence-corrected chi connectivity index (χ4v) is 1.23. The Hall–Kier alpha value is -1.53. The van der Waals surface area contributed by atoms with Crippen molar-refractivity contribution < 1.29 is 9.13 Å². The van der Waals surface area contributed by atoms with E-state index in [1.807, 2.05) is 0 Å². The van der Waals surface area contributed by atoms with Crippen LogP contribution in [0.4, 0.5) is 4.39 Å². The molecule has 3 heteroatoms. The van der Waals surface area contributed by atoms with Gasteiger partial charge < -0.3 is 10.1 Å². The van der Waals surface area contributed by atoms with E-state index in [1.54, 1.807) is 18.2 Å². The number of methoxy groups -OCH3 is 1. The summed E-state index contributed by atoms with van der Waals surface area (Å²) in [6.45, 7) is 1.15. The molecule has 15 heavy (non-hydrogen) atoms. The SMILES string of the molecule is C#CCCNCc1cccc(OC)c1F. The highest BCUT2D eigenvalue weighted by Gasteiger charge is 2.06. The zero-order chi connectivity index (χ0) is 11.1. The lowest BCUT2D eigenvalue weighted by Crippen LogP contribution is -2.15. The van der Waals surface area contributed by atoms with Crippen molar-refractivity contribution in [1.29, 1.82) is 0 Å². The molecule has 1 aromatic carbocycles. The Bertz CT molecular complexity index is 357. The summed E-state index contributed by atoms with van der Waals surface area (Å²) in [6.07, 6.45) is 5.74. The van der Waals surface area contributed by atoms with Gasteiger partial charge in [-0.15, -0.1) is 12.3 Å². The lowest BCUT2D eigenvalue weighted by Gasteiger charge is -2.07. The molecule has 2 nitrogen and oxygen atoms in total. The molecule has 0 saturated heterocycles. The van der Waals surface area contributed by atoms with Crippen LogP contribution in [-0.2, 0) is 6.54 Å². The molecule has 0 radical (unpaired) electrons. The second-order valence-corrected chi connectivity index (χ2v) is 3.06. The molecule has 0 heterocycles. The van der Waals surface area contributed by atoms with E-state index in [-0.39, 0.29) is 11.6 Å². The van der Waals surface area contributed by atoms with Gasteiger partial charge in [0.2, 0.25) is 0 Å². The van der Waals surface area contributed by atoms with Gasteiger partial charge in [0, 0.05) is 25.1 Å². The number of hydrogen-bond donors (Lipinski definition) is 1. The standard InChI is InChI=1S/C12H14FNO/c1-3-4-8-14-9-10-6-5-7-11(15-2)12(10)13/h1,5-7,14H,4,8-9H2,2H3. The number of ether oxygens (including phenoxy) is 1. The van der Waals surface area contributed by atoms with Crippen LogP contribution >= 0.6 is 0 Å². The lowest BCUT2D eigenvalue weighted by molar-refractivity contribution is 0.383. The van der Waals surface area contributed by atoms with Gasteiger partial charge in [0.25, 0.3) is 0 Å². The van der Waals surface area contributed by atoms with Crippen LogP contribution in [0.2, 0.25) is 0 Å². The highest BCUT2D eigenvalue weighted by molar-refractivity contribution is 5.30. The number of terminal acetylenes is 1. The number of rotatable bonds is 5. The van der Waals surface area contributed by atoms with E-state index in [9.17, 15) is 4.39 Å². The quantitative estimate of drug-likeness (QED) is 0.588. The molecule has 0 bridgehead atoms. The van der Waals surface area contributed by atoms with Crippen LogP contribution in [0.1, 0.15) is 12.0 Å². The summed E-state index contributed by atoms with van der Waals surface area (Å²) in [5.41, 5.74) is 0.589. The van der Waals surface area contributed by atoms with E-state index in [2.05, 4.69) is 11.2 Å². The van der Waals surface area contributed by atoms with Gasteiger partial charge in [0.05, 0.1) is 7.11 Å². The van der Waals surface area contributed by atoms with Gasteiger partial charge in [-0.2, -0.15) is 0 Å². The molecular formula is C12H14FNO. The number of nitrogens with one attached hydrogen (secondary N) is 1. The first-order valence-electron chi connectivity index (χ1n) is 4.75. The highest BCUT2D eigenvalue weighted by atomic mass is 19.1. The molecule has 0 amide bonds. The second kappa shape index (κ2) is 6.05. The third-order valence-corrected chi connectivity index (χ3v) is 2.02. The van der Waals surface area contributed by atoms with Crippen molar-refractivity contribution >= 4 is 0 Å². The minimum absolute atomic E-state index is 0.270. The van der Waals surface area contributed by atoms with E-state index in [1.165, 1.54) is 7.11 Å². The van der Waals surface area contributed by atoms with E-state index in [4.69, 9.17) is 11.2 Å². The maximum atomic E-state index is 13.6. The zero-order valence-corrected chi connectivity index (χ0v) is 8.72. The number of benzene rings is 1. The first-order chi connectivity index (χ1) is 7.29. The first-order valence-corrected chi connectivity index (χ1v) is 4.75. The number of hydrogen-bond acceptors (Lipinski definition) is 2. The van der Waals surface area contributed by atoms with E-state index in [0.717, 1.165) is 0 Å². The molecule has 0 unspecified atom stereocenters. The lowest BCUT2D eigenvalue weighted by atomic mass is 10.2. The summed E-state index contributed by atoms with van der Waals surface area (Å²) in [5, 5.41) is 3.06. The second-order valence-electron chi connectivity index (χ2n) is 3.06. The predicted octanol–water partition coefficient (Wildman–Crippen LogP) is 1.95. The van der Waals surface area contributed by atoms with Crippen LogP contribution in [0.3, 0.4) is 0 Å².